The summed E-state index contributed by atoms with van der Waals surface area (Å²) in [7, 11) is 3.10. The third kappa shape index (κ3) is 8.46. The molecule has 12 heteroatoms. The predicted octanol–water partition coefficient (Wildman–Crippen LogP) is 3.72. The van der Waals surface area contributed by atoms with Crippen molar-refractivity contribution in [2.75, 3.05) is 31.9 Å². The molecule has 0 atom stereocenters. The zero-order valence-corrected chi connectivity index (χ0v) is 23.3. The van der Waals surface area contributed by atoms with Crippen LogP contribution in [0.15, 0.2) is 66.4 Å². The van der Waals surface area contributed by atoms with Gasteiger partial charge in [-0.05, 0) is 55.0 Å². The summed E-state index contributed by atoms with van der Waals surface area (Å²) >= 11 is 1.20. The Kier molecular flexibility index (Phi) is 11.3. The van der Waals surface area contributed by atoms with Crippen molar-refractivity contribution in [1.29, 1.82) is 0 Å². The number of carbonyl (C=O) groups is 3. The molecule has 0 fully saturated rings. The van der Waals surface area contributed by atoms with E-state index in [1.165, 1.54) is 17.8 Å². The Morgan fingerprint density at radius 2 is 1.80 bits per heavy atom. The van der Waals surface area contributed by atoms with Gasteiger partial charge < -0.3 is 29.4 Å². The van der Waals surface area contributed by atoms with Gasteiger partial charge in [-0.15, -0.1) is 16.8 Å². The second kappa shape index (κ2) is 15.1. The van der Waals surface area contributed by atoms with Crippen LogP contribution in [0.25, 0.3) is 6.08 Å². The molecule has 0 aliphatic heterocycles. The molecule has 0 unspecified atom stereocenters. The summed E-state index contributed by atoms with van der Waals surface area (Å²) in [6.45, 7) is 6.33. The van der Waals surface area contributed by atoms with E-state index >= 15 is 0 Å². The average Bonchev–Trinajstić information content (AvgIpc) is 3.35. The molecule has 0 spiro atoms. The fourth-order valence-corrected chi connectivity index (χ4v) is 4.22. The topological polar surface area (TPSA) is 134 Å². The summed E-state index contributed by atoms with van der Waals surface area (Å²) in [5, 5.41) is 14.4. The Labute approximate surface area is 236 Å². The minimum atomic E-state index is -0.418. The Bertz CT molecular complexity index is 1370. The van der Waals surface area contributed by atoms with E-state index in [-0.39, 0.29) is 30.7 Å². The molecule has 2 aromatic carbocycles. The Hall–Kier alpha value is -4.58. The van der Waals surface area contributed by atoms with Crippen LogP contribution in [-0.4, -0.2) is 59.1 Å². The van der Waals surface area contributed by atoms with Gasteiger partial charge in [-0.2, -0.15) is 0 Å². The third-order valence-electron chi connectivity index (χ3n) is 5.37. The van der Waals surface area contributed by atoms with Crippen LogP contribution < -0.4 is 20.1 Å². The Morgan fingerprint density at radius 3 is 2.48 bits per heavy atom. The molecule has 1 aromatic heterocycles. The minimum absolute atomic E-state index is 0.0787. The molecule has 0 bridgehead atoms. The highest BCUT2D eigenvalue weighted by Gasteiger charge is 2.15. The largest absolute Gasteiger partial charge is 0.493 e. The summed E-state index contributed by atoms with van der Waals surface area (Å²) in [4.78, 5) is 36.7. The van der Waals surface area contributed by atoms with E-state index in [4.69, 9.17) is 14.2 Å². The molecule has 1 heterocycles. The number of nitrogens with zero attached hydrogens (tertiary/aromatic N) is 3. The number of hydrogen-bond donors (Lipinski definition) is 2. The number of anilines is 1. The average molecular weight is 566 g/mol. The first-order valence-corrected chi connectivity index (χ1v) is 13.3. The van der Waals surface area contributed by atoms with Crippen LogP contribution in [0, 0.1) is 0 Å². The lowest BCUT2D eigenvalue weighted by molar-refractivity contribution is -0.116. The zero-order valence-electron chi connectivity index (χ0n) is 22.5. The van der Waals surface area contributed by atoms with Crippen LogP contribution in [-0.2, 0) is 27.4 Å². The first-order valence-electron chi connectivity index (χ1n) is 12.3. The number of aromatic nitrogens is 3. The smallest absolute Gasteiger partial charge is 0.338 e. The van der Waals surface area contributed by atoms with Crippen molar-refractivity contribution >= 4 is 41.3 Å². The summed E-state index contributed by atoms with van der Waals surface area (Å²) < 4.78 is 17.2. The van der Waals surface area contributed by atoms with Crippen LogP contribution >= 0.6 is 11.8 Å². The normalized spacial score (nSPS) is 10.7. The highest BCUT2D eigenvalue weighted by atomic mass is 32.2. The number of hydrogen-bond acceptors (Lipinski definition) is 9. The van der Waals surface area contributed by atoms with Crippen LogP contribution in [0.5, 0.6) is 11.5 Å². The third-order valence-corrected chi connectivity index (χ3v) is 6.34. The lowest BCUT2D eigenvalue weighted by Gasteiger charge is -2.09. The lowest BCUT2D eigenvalue weighted by atomic mass is 10.2. The van der Waals surface area contributed by atoms with Gasteiger partial charge in [0.2, 0.25) is 11.8 Å². The number of nitrogens with one attached hydrogen (secondary N) is 2. The van der Waals surface area contributed by atoms with Crippen LogP contribution in [0.4, 0.5) is 5.69 Å². The summed E-state index contributed by atoms with van der Waals surface area (Å²) in [6.07, 6.45) is 4.76. The maximum Gasteiger partial charge on any atom is 0.338 e. The predicted molar refractivity (Wildman–Crippen MR) is 152 cm³/mol. The van der Waals surface area contributed by atoms with Crippen molar-refractivity contribution in [3.05, 3.63) is 78.1 Å². The van der Waals surface area contributed by atoms with Crippen molar-refractivity contribution in [1.82, 2.24) is 20.1 Å². The van der Waals surface area contributed by atoms with Gasteiger partial charge in [0.1, 0.15) is 0 Å². The van der Waals surface area contributed by atoms with E-state index < -0.39 is 5.97 Å². The number of thioether (sulfide) groups is 1. The van der Waals surface area contributed by atoms with Gasteiger partial charge in [-0.25, -0.2) is 4.79 Å². The van der Waals surface area contributed by atoms with Crippen molar-refractivity contribution in [2.45, 2.75) is 25.2 Å². The second-order valence-electron chi connectivity index (χ2n) is 8.10. The van der Waals surface area contributed by atoms with Crippen LogP contribution in [0.2, 0.25) is 0 Å². The molecular formula is C28H31N5O6S. The van der Waals surface area contributed by atoms with Gasteiger partial charge in [0.25, 0.3) is 0 Å². The van der Waals surface area contributed by atoms with E-state index in [1.54, 1.807) is 74.3 Å². The highest BCUT2D eigenvalue weighted by molar-refractivity contribution is 7.99. The Morgan fingerprint density at radius 1 is 1.05 bits per heavy atom. The summed E-state index contributed by atoms with van der Waals surface area (Å²) in [6, 6.07) is 11.8. The number of carbonyl (C=O) groups excluding carboxylic acids is 3. The number of rotatable bonds is 14. The van der Waals surface area contributed by atoms with E-state index in [0.717, 1.165) is 5.56 Å². The van der Waals surface area contributed by atoms with Crippen molar-refractivity contribution < 1.29 is 28.6 Å². The van der Waals surface area contributed by atoms with Crippen LogP contribution in [0.1, 0.15) is 28.7 Å². The first kappa shape index (κ1) is 30.0. The molecule has 2 amide bonds. The van der Waals surface area contributed by atoms with E-state index in [1.807, 2.05) is 6.07 Å². The van der Waals surface area contributed by atoms with Gasteiger partial charge in [-0.3, -0.25) is 9.59 Å². The molecular weight excluding hydrogens is 534 g/mol. The fraction of sp³-hybridized carbons (Fsp3) is 0.250. The molecule has 2 N–H and O–H groups in total. The van der Waals surface area contributed by atoms with E-state index in [2.05, 4.69) is 27.4 Å². The van der Waals surface area contributed by atoms with E-state index in [9.17, 15) is 14.4 Å². The summed E-state index contributed by atoms with van der Waals surface area (Å²) in [5.41, 5.74) is 1.73. The minimum Gasteiger partial charge on any atom is -0.493 e. The van der Waals surface area contributed by atoms with Crippen molar-refractivity contribution in [2.24, 2.45) is 0 Å². The quantitative estimate of drug-likeness (QED) is 0.130. The Balaban J connectivity index is 1.54. The van der Waals surface area contributed by atoms with E-state index in [0.29, 0.717) is 40.3 Å². The molecule has 210 valence electrons. The molecule has 40 heavy (non-hydrogen) atoms. The van der Waals surface area contributed by atoms with Crippen molar-refractivity contribution in [3.63, 3.8) is 0 Å². The van der Waals surface area contributed by atoms with Gasteiger partial charge in [0.05, 0.1) is 38.7 Å². The number of allylic oxidation sites excluding steroid dienone is 1. The molecule has 0 saturated heterocycles. The number of benzene rings is 2. The molecule has 0 aliphatic carbocycles. The first-order chi connectivity index (χ1) is 19.4. The van der Waals surface area contributed by atoms with Gasteiger partial charge in [0.15, 0.2) is 22.5 Å². The van der Waals surface area contributed by atoms with Gasteiger partial charge in [-0.1, -0.05) is 23.9 Å². The molecule has 0 aliphatic rings. The van der Waals surface area contributed by atoms with Gasteiger partial charge >= 0.3 is 5.97 Å². The zero-order chi connectivity index (χ0) is 28.9. The fourth-order valence-electron chi connectivity index (χ4n) is 3.45. The number of methoxy groups -OCH3 is 2. The molecule has 3 rings (SSSR count). The van der Waals surface area contributed by atoms with Crippen molar-refractivity contribution in [3.8, 4) is 11.5 Å². The lowest BCUT2D eigenvalue weighted by Crippen LogP contribution is -2.23. The van der Waals surface area contributed by atoms with Gasteiger partial charge in [0, 0.05) is 18.3 Å². The number of amides is 2. The SMILES string of the molecule is C=CCn1c(CNC(=O)/C=C/c2ccc(OC)c(OC)c2)nnc1SCC(=O)Nc1ccc(C(=O)OCC)cc1. The standard InChI is InChI=1S/C28H31N5O6S/c1-5-15-33-24(17-29-25(34)14-8-19-7-13-22(37-3)23(16-19)38-4)31-32-28(33)40-18-26(35)30-21-11-9-20(10-12-21)27(36)39-6-2/h5,7-14,16H,1,6,15,17-18H2,2-4H3,(H,29,34)(H,30,35)/b14-8+. The molecule has 0 saturated carbocycles. The maximum atomic E-state index is 12.5. The van der Waals surface area contributed by atoms with Crippen LogP contribution in [0.3, 0.4) is 0 Å². The molecule has 0 radical (unpaired) electrons. The molecule has 3 aromatic rings. The summed E-state index contributed by atoms with van der Waals surface area (Å²) in [5.74, 6) is 0.774. The second-order valence-corrected chi connectivity index (χ2v) is 9.04. The highest BCUT2D eigenvalue weighted by Crippen LogP contribution is 2.28. The number of esters is 1. The molecule has 11 nitrogen and oxygen atoms in total. The maximum absolute atomic E-state index is 12.5. The number of ether oxygens (including phenoxy) is 3. The monoisotopic (exact) mass is 565 g/mol.